The zero-order valence-corrected chi connectivity index (χ0v) is 8.67. The first-order valence-corrected chi connectivity index (χ1v) is 6.26. The van der Waals surface area contributed by atoms with Gasteiger partial charge in [-0.2, -0.15) is 4.18 Å². The standard InChI is InChI=1S/C11H13OS/c1-13(2)12-11-8-7-9-5-3-4-6-10(9)11/h3-8,11H,1-2H3/q+1. The minimum atomic E-state index is 0.0361. The summed E-state index contributed by atoms with van der Waals surface area (Å²) >= 11 is 0.0361. The van der Waals surface area contributed by atoms with Crippen molar-refractivity contribution in [2.45, 2.75) is 6.10 Å². The topological polar surface area (TPSA) is 9.23 Å². The fourth-order valence-corrected chi connectivity index (χ4v) is 2.09. The van der Waals surface area contributed by atoms with Crippen LogP contribution < -0.4 is 0 Å². The predicted octanol–water partition coefficient (Wildman–Crippen LogP) is 2.56. The van der Waals surface area contributed by atoms with Crippen LogP contribution in [0.2, 0.25) is 0 Å². The first-order valence-electron chi connectivity index (χ1n) is 4.29. The number of fused-ring (bicyclic) bond motifs is 1. The second kappa shape index (κ2) is 3.56. The van der Waals surface area contributed by atoms with Gasteiger partial charge in [-0.15, -0.1) is 0 Å². The molecule has 1 unspecified atom stereocenters. The Morgan fingerprint density at radius 3 is 2.77 bits per heavy atom. The van der Waals surface area contributed by atoms with E-state index < -0.39 is 0 Å². The third-order valence-corrected chi connectivity index (χ3v) is 2.64. The molecule has 0 saturated carbocycles. The molecule has 0 radical (unpaired) electrons. The van der Waals surface area contributed by atoms with E-state index in [1.165, 1.54) is 11.1 Å². The van der Waals surface area contributed by atoms with Gasteiger partial charge in [0.15, 0.2) is 6.10 Å². The number of hydrogen-bond acceptors (Lipinski definition) is 1. The normalized spacial score (nSPS) is 19.5. The molecule has 1 aliphatic carbocycles. The Bertz CT molecular complexity index is 331. The van der Waals surface area contributed by atoms with E-state index in [0.717, 1.165) is 0 Å². The molecule has 0 aliphatic heterocycles. The molecule has 0 aromatic heterocycles. The van der Waals surface area contributed by atoms with Crippen LogP contribution >= 0.6 is 0 Å². The smallest absolute Gasteiger partial charge is 0.158 e. The largest absolute Gasteiger partial charge is 0.162 e. The lowest BCUT2D eigenvalue weighted by Gasteiger charge is -2.07. The van der Waals surface area contributed by atoms with Gasteiger partial charge in [0.25, 0.3) is 0 Å². The van der Waals surface area contributed by atoms with Gasteiger partial charge < -0.3 is 0 Å². The van der Waals surface area contributed by atoms with E-state index in [2.05, 4.69) is 48.9 Å². The van der Waals surface area contributed by atoms with Gasteiger partial charge in [-0.1, -0.05) is 30.3 Å². The van der Waals surface area contributed by atoms with Gasteiger partial charge in [0, 0.05) is 0 Å². The molecule has 0 fully saturated rings. The van der Waals surface area contributed by atoms with Crippen LogP contribution in [0.5, 0.6) is 0 Å². The first kappa shape index (κ1) is 8.85. The van der Waals surface area contributed by atoms with Crippen LogP contribution in [0.3, 0.4) is 0 Å². The zero-order valence-electron chi connectivity index (χ0n) is 7.86. The summed E-state index contributed by atoms with van der Waals surface area (Å²) in [5.41, 5.74) is 2.58. The van der Waals surface area contributed by atoms with Gasteiger partial charge in [0.05, 0.1) is 0 Å². The Morgan fingerprint density at radius 1 is 1.23 bits per heavy atom. The lowest BCUT2D eigenvalue weighted by Crippen LogP contribution is -2.06. The third kappa shape index (κ3) is 1.79. The molecule has 1 aromatic rings. The summed E-state index contributed by atoms with van der Waals surface area (Å²) in [4.78, 5) is 0. The van der Waals surface area contributed by atoms with Crippen molar-refractivity contribution in [1.82, 2.24) is 0 Å². The van der Waals surface area contributed by atoms with Gasteiger partial charge in [-0.3, -0.25) is 0 Å². The van der Waals surface area contributed by atoms with E-state index in [4.69, 9.17) is 4.18 Å². The van der Waals surface area contributed by atoms with Crippen LogP contribution in [-0.4, -0.2) is 12.5 Å². The second-order valence-corrected chi connectivity index (χ2v) is 4.92. The average molecular weight is 193 g/mol. The molecule has 1 nitrogen and oxygen atoms in total. The summed E-state index contributed by atoms with van der Waals surface area (Å²) in [6.45, 7) is 0. The quantitative estimate of drug-likeness (QED) is 0.656. The number of rotatable bonds is 2. The van der Waals surface area contributed by atoms with Gasteiger partial charge >= 0.3 is 0 Å². The Balaban J connectivity index is 2.23. The minimum Gasteiger partial charge on any atom is -0.162 e. The summed E-state index contributed by atoms with van der Waals surface area (Å²) in [6.07, 6.45) is 8.61. The van der Waals surface area contributed by atoms with Crippen LogP contribution in [-0.2, 0) is 15.4 Å². The molecular weight excluding hydrogens is 180 g/mol. The maximum atomic E-state index is 5.78. The minimum absolute atomic E-state index is 0.0361. The van der Waals surface area contributed by atoms with Crippen molar-refractivity contribution in [2.75, 3.05) is 12.5 Å². The number of benzene rings is 1. The summed E-state index contributed by atoms with van der Waals surface area (Å²) < 4.78 is 5.78. The first-order chi connectivity index (χ1) is 6.27. The van der Waals surface area contributed by atoms with Gasteiger partial charge in [-0.05, 0) is 17.2 Å². The van der Waals surface area contributed by atoms with E-state index in [0.29, 0.717) is 0 Å². The van der Waals surface area contributed by atoms with Crippen LogP contribution in [0.4, 0.5) is 0 Å². The van der Waals surface area contributed by atoms with Crippen LogP contribution in [0.15, 0.2) is 30.3 Å². The van der Waals surface area contributed by atoms with Crippen LogP contribution in [0.1, 0.15) is 17.2 Å². The van der Waals surface area contributed by atoms with Crippen molar-refractivity contribution in [3.8, 4) is 0 Å². The maximum absolute atomic E-state index is 5.78. The molecule has 1 aliphatic rings. The van der Waals surface area contributed by atoms with Crippen molar-refractivity contribution in [3.63, 3.8) is 0 Å². The molecule has 13 heavy (non-hydrogen) atoms. The highest BCUT2D eigenvalue weighted by Gasteiger charge is 2.22. The van der Waals surface area contributed by atoms with E-state index in [1.807, 2.05) is 0 Å². The van der Waals surface area contributed by atoms with Crippen molar-refractivity contribution in [2.24, 2.45) is 0 Å². The molecule has 68 valence electrons. The lowest BCUT2D eigenvalue weighted by molar-refractivity contribution is 0.301. The monoisotopic (exact) mass is 193 g/mol. The second-order valence-electron chi connectivity index (χ2n) is 3.25. The zero-order chi connectivity index (χ0) is 9.26. The maximum Gasteiger partial charge on any atom is 0.158 e. The molecule has 1 aromatic carbocycles. The Kier molecular flexibility index (Phi) is 2.42. The summed E-state index contributed by atoms with van der Waals surface area (Å²) in [7, 11) is 0. The molecule has 2 rings (SSSR count). The summed E-state index contributed by atoms with van der Waals surface area (Å²) in [5.74, 6) is 0. The fourth-order valence-electron chi connectivity index (χ4n) is 1.51. The Hall–Kier alpha value is -0.730. The van der Waals surface area contributed by atoms with Crippen molar-refractivity contribution in [1.29, 1.82) is 0 Å². The Labute approximate surface area is 82.0 Å². The van der Waals surface area contributed by atoms with Crippen LogP contribution in [0, 0.1) is 0 Å². The highest BCUT2D eigenvalue weighted by molar-refractivity contribution is 7.90. The molecule has 0 bridgehead atoms. The molecule has 0 amide bonds. The van der Waals surface area contributed by atoms with Crippen molar-refractivity contribution >= 4 is 17.3 Å². The van der Waals surface area contributed by atoms with E-state index >= 15 is 0 Å². The molecule has 1 atom stereocenters. The number of hydrogen-bond donors (Lipinski definition) is 0. The SMILES string of the molecule is C[S+](C)OC1C=Cc2ccccc21. The molecule has 0 spiro atoms. The molecule has 2 heteroatoms. The Morgan fingerprint density at radius 2 is 2.00 bits per heavy atom. The molecule has 0 heterocycles. The van der Waals surface area contributed by atoms with E-state index in [9.17, 15) is 0 Å². The van der Waals surface area contributed by atoms with E-state index in [-0.39, 0.29) is 17.3 Å². The highest BCUT2D eigenvalue weighted by atomic mass is 32.2. The summed E-state index contributed by atoms with van der Waals surface area (Å²) in [6, 6.07) is 8.38. The van der Waals surface area contributed by atoms with E-state index in [1.54, 1.807) is 0 Å². The fraction of sp³-hybridized carbons (Fsp3) is 0.273. The highest BCUT2D eigenvalue weighted by Crippen LogP contribution is 2.31. The third-order valence-electron chi connectivity index (χ3n) is 2.05. The molecule has 0 saturated heterocycles. The average Bonchev–Trinajstić information content (AvgIpc) is 2.48. The predicted molar refractivity (Wildman–Crippen MR) is 58.5 cm³/mol. The van der Waals surface area contributed by atoms with Gasteiger partial charge in [0.2, 0.25) is 0 Å². The lowest BCUT2D eigenvalue weighted by atomic mass is 10.1. The molecule has 0 N–H and O–H groups in total. The van der Waals surface area contributed by atoms with Crippen LogP contribution in [0.25, 0.3) is 6.08 Å². The van der Waals surface area contributed by atoms with Crippen molar-refractivity contribution < 1.29 is 4.18 Å². The van der Waals surface area contributed by atoms with Crippen molar-refractivity contribution in [3.05, 3.63) is 41.5 Å². The summed E-state index contributed by atoms with van der Waals surface area (Å²) in [5, 5.41) is 0. The van der Waals surface area contributed by atoms with Gasteiger partial charge in [0.1, 0.15) is 23.7 Å². The molecular formula is C11H13OS+. The van der Waals surface area contributed by atoms with Gasteiger partial charge in [-0.25, -0.2) is 0 Å².